The van der Waals surface area contributed by atoms with Crippen molar-refractivity contribution in [1.29, 1.82) is 10.8 Å². The summed E-state index contributed by atoms with van der Waals surface area (Å²) < 4.78 is 12.8. The summed E-state index contributed by atoms with van der Waals surface area (Å²) in [4.78, 5) is 0. The first kappa shape index (κ1) is 19.3. The van der Waals surface area contributed by atoms with E-state index in [4.69, 9.17) is 31.8 Å². The zero-order chi connectivity index (χ0) is 18.4. The maximum absolute atomic E-state index is 7.44. The highest BCUT2D eigenvalue weighted by Gasteiger charge is 2.06. The second-order valence-electron chi connectivity index (χ2n) is 5.16. The standard InChI is InChI=1S/C17H18Br2N4O2/c18-14-8-10(2-4-12(14)16(20)21)24-6-1-7-25-11-3-5-13(17(22)23)15(19)9-11/h2-5,8-9H,1,6-7H2,(H3,20,21)(H3,22,23). The SMILES string of the molecule is N=C(N)c1ccc(OCCCOc2ccc(C(=N)N)c(Br)c2)cc1Br. The van der Waals surface area contributed by atoms with Crippen LogP contribution in [0.4, 0.5) is 0 Å². The van der Waals surface area contributed by atoms with Gasteiger partial charge in [0.1, 0.15) is 23.2 Å². The van der Waals surface area contributed by atoms with Crippen LogP contribution in [-0.2, 0) is 0 Å². The molecule has 6 N–H and O–H groups in total. The van der Waals surface area contributed by atoms with E-state index in [0.29, 0.717) is 42.3 Å². The molecule has 0 aliphatic rings. The lowest BCUT2D eigenvalue weighted by atomic mass is 10.2. The third-order valence-corrected chi connectivity index (χ3v) is 4.60. The predicted molar refractivity (Wildman–Crippen MR) is 106 cm³/mol. The minimum absolute atomic E-state index is 0.00813. The Morgan fingerprint density at radius 2 is 1.20 bits per heavy atom. The molecule has 8 heteroatoms. The number of nitrogen functional groups attached to an aromatic ring is 2. The van der Waals surface area contributed by atoms with Gasteiger partial charge in [0.25, 0.3) is 0 Å². The van der Waals surface area contributed by atoms with Crippen molar-refractivity contribution in [1.82, 2.24) is 0 Å². The summed E-state index contributed by atoms with van der Waals surface area (Å²) in [6.45, 7) is 0.997. The highest BCUT2D eigenvalue weighted by Crippen LogP contribution is 2.24. The van der Waals surface area contributed by atoms with Gasteiger partial charge in [-0.3, -0.25) is 10.8 Å². The van der Waals surface area contributed by atoms with Crippen LogP contribution in [0.25, 0.3) is 0 Å². The number of hydrogen-bond acceptors (Lipinski definition) is 4. The third kappa shape index (κ3) is 5.47. The molecular weight excluding hydrogens is 452 g/mol. The van der Waals surface area contributed by atoms with Gasteiger partial charge in [0.2, 0.25) is 0 Å². The average molecular weight is 470 g/mol. The molecule has 2 rings (SSSR count). The van der Waals surface area contributed by atoms with E-state index < -0.39 is 0 Å². The zero-order valence-electron chi connectivity index (χ0n) is 13.3. The summed E-state index contributed by atoms with van der Waals surface area (Å²) in [5, 5.41) is 14.9. The van der Waals surface area contributed by atoms with E-state index in [9.17, 15) is 0 Å². The van der Waals surface area contributed by atoms with Gasteiger partial charge in [-0.15, -0.1) is 0 Å². The molecule has 2 aromatic rings. The van der Waals surface area contributed by atoms with Crippen molar-refractivity contribution in [2.45, 2.75) is 6.42 Å². The van der Waals surface area contributed by atoms with E-state index in [-0.39, 0.29) is 11.7 Å². The maximum atomic E-state index is 7.44. The minimum atomic E-state index is 0.00813. The number of ether oxygens (including phenoxy) is 2. The molecule has 2 aromatic carbocycles. The second kappa shape index (κ2) is 8.87. The molecule has 0 aromatic heterocycles. The number of halogens is 2. The number of nitrogens with one attached hydrogen (secondary N) is 2. The molecule has 0 bridgehead atoms. The summed E-state index contributed by atoms with van der Waals surface area (Å²) in [5.74, 6) is 1.42. The van der Waals surface area contributed by atoms with Crippen molar-refractivity contribution in [3.05, 3.63) is 56.5 Å². The Hall–Kier alpha value is -2.06. The molecule has 0 unspecified atom stereocenters. The van der Waals surface area contributed by atoms with Crippen LogP contribution in [0, 0.1) is 10.8 Å². The molecule has 0 amide bonds. The van der Waals surface area contributed by atoms with Gasteiger partial charge in [-0.25, -0.2) is 0 Å². The second-order valence-corrected chi connectivity index (χ2v) is 6.87. The van der Waals surface area contributed by atoms with Crippen molar-refractivity contribution in [2.24, 2.45) is 11.5 Å². The highest BCUT2D eigenvalue weighted by atomic mass is 79.9. The van der Waals surface area contributed by atoms with Crippen LogP contribution in [0.3, 0.4) is 0 Å². The molecule has 25 heavy (non-hydrogen) atoms. The van der Waals surface area contributed by atoms with E-state index in [1.807, 2.05) is 0 Å². The fraction of sp³-hybridized carbons (Fsp3) is 0.176. The van der Waals surface area contributed by atoms with Gasteiger partial charge in [-0.2, -0.15) is 0 Å². The smallest absolute Gasteiger partial charge is 0.123 e. The van der Waals surface area contributed by atoms with Gasteiger partial charge in [0, 0.05) is 26.5 Å². The largest absolute Gasteiger partial charge is 0.493 e. The Bertz CT molecular complexity index is 731. The van der Waals surface area contributed by atoms with Gasteiger partial charge >= 0.3 is 0 Å². The summed E-state index contributed by atoms with van der Waals surface area (Å²) in [7, 11) is 0. The Kier molecular flexibility index (Phi) is 6.83. The fourth-order valence-electron chi connectivity index (χ4n) is 2.05. The number of amidine groups is 2. The van der Waals surface area contributed by atoms with E-state index in [1.54, 1.807) is 36.4 Å². The number of hydrogen-bond donors (Lipinski definition) is 4. The fourth-order valence-corrected chi connectivity index (χ4v) is 3.19. The predicted octanol–water partition coefficient (Wildman–Crippen LogP) is 3.63. The molecule has 0 spiro atoms. The molecule has 132 valence electrons. The van der Waals surface area contributed by atoms with E-state index >= 15 is 0 Å². The van der Waals surface area contributed by atoms with Crippen LogP contribution in [0.1, 0.15) is 17.5 Å². The first-order chi connectivity index (χ1) is 11.9. The molecular formula is C17H18Br2N4O2. The van der Waals surface area contributed by atoms with Crippen molar-refractivity contribution in [3.63, 3.8) is 0 Å². The van der Waals surface area contributed by atoms with Gasteiger partial charge < -0.3 is 20.9 Å². The van der Waals surface area contributed by atoms with E-state index in [0.717, 1.165) is 8.95 Å². The Balaban J connectivity index is 1.78. The Labute approximate surface area is 162 Å². The lowest BCUT2D eigenvalue weighted by Crippen LogP contribution is -2.12. The normalized spacial score (nSPS) is 10.3. The molecule has 0 saturated heterocycles. The zero-order valence-corrected chi connectivity index (χ0v) is 16.5. The molecule has 6 nitrogen and oxygen atoms in total. The van der Waals surface area contributed by atoms with Crippen molar-refractivity contribution < 1.29 is 9.47 Å². The monoisotopic (exact) mass is 468 g/mol. The van der Waals surface area contributed by atoms with Crippen molar-refractivity contribution in [3.8, 4) is 11.5 Å². The van der Waals surface area contributed by atoms with Crippen LogP contribution in [0.5, 0.6) is 11.5 Å². The first-order valence-corrected chi connectivity index (χ1v) is 9.00. The Morgan fingerprint density at radius 3 is 1.52 bits per heavy atom. The molecule has 0 fully saturated rings. The van der Waals surface area contributed by atoms with Crippen molar-refractivity contribution in [2.75, 3.05) is 13.2 Å². The van der Waals surface area contributed by atoms with Crippen LogP contribution >= 0.6 is 31.9 Å². The van der Waals surface area contributed by atoms with Gasteiger partial charge in [-0.05, 0) is 68.3 Å². The molecule has 0 radical (unpaired) electrons. The number of nitrogens with two attached hydrogens (primary N) is 2. The molecule has 0 heterocycles. The molecule has 0 aliphatic heterocycles. The molecule has 0 saturated carbocycles. The van der Waals surface area contributed by atoms with Gasteiger partial charge in [-0.1, -0.05) is 0 Å². The van der Waals surface area contributed by atoms with Gasteiger partial charge in [0.15, 0.2) is 0 Å². The number of benzene rings is 2. The van der Waals surface area contributed by atoms with Crippen LogP contribution in [0.2, 0.25) is 0 Å². The minimum Gasteiger partial charge on any atom is -0.493 e. The van der Waals surface area contributed by atoms with Crippen LogP contribution < -0.4 is 20.9 Å². The first-order valence-electron chi connectivity index (χ1n) is 7.42. The molecule has 0 aliphatic carbocycles. The van der Waals surface area contributed by atoms with E-state index in [2.05, 4.69) is 31.9 Å². The summed E-state index contributed by atoms with van der Waals surface area (Å²) in [6.07, 6.45) is 0.707. The average Bonchev–Trinajstić information content (AvgIpc) is 2.54. The quantitative estimate of drug-likeness (QED) is 0.268. The van der Waals surface area contributed by atoms with E-state index in [1.165, 1.54) is 0 Å². The topological polar surface area (TPSA) is 118 Å². The van der Waals surface area contributed by atoms with Crippen LogP contribution in [-0.4, -0.2) is 24.9 Å². The van der Waals surface area contributed by atoms with Gasteiger partial charge in [0.05, 0.1) is 13.2 Å². The summed E-state index contributed by atoms with van der Waals surface area (Å²) >= 11 is 6.74. The third-order valence-electron chi connectivity index (χ3n) is 3.29. The number of rotatable bonds is 8. The Morgan fingerprint density at radius 1 is 0.800 bits per heavy atom. The van der Waals surface area contributed by atoms with Crippen molar-refractivity contribution >= 4 is 43.5 Å². The highest BCUT2D eigenvalue weighted by molar-refractivity contribution is 9.10. The summed E-state index contributed by atoms with van der Waals surface area (Å²) in [5.41, 5.74) is 12.2. The molecule has 0 atom stereocenters. The maximum Gasteiger partial charge on any atom is 0.123 e. The lowest BCUT2D eigenvalue weighted by Gasteiger charge is -2.10. The lowest BCUT2D eigenvalue weighted by molar-refractivity contribution is 0.247. The summed E-state index contributed by atoms with van der Waals surface area (Å²) in [6, 6.07) is 10.6. The van der Waals surface area contributed by atoms with Crippen LogP contribution in [0.15, 0.2) is 45.3 Å².